The fraction of sp³-hybridized carbons (Fsp3) is 0.875. The fourth-order valence-electron chi connectivity index (χ4n) is 10.1. The van der Waals surface area contributed by atoms with Gasteiger partial charge in [0.05, 0.1) is 12.1 Å². The maximum Gasteiger partial charge on any atom is 0.511 e. The normalized spacial score (nSPS) is 35.6. The Bertz CT molecular complexity index is 1150. The predicted molar refractivity (Wildman–Crippen MR) is 161 cm³/mol. The molecule has 0 heterocycles. The van der Waals surface area contributed by atoms with Crippen LogP contribution in [0.1, 0.15) is 104 Å². The molecule has 0 bridgehead atoms. The van der Waals surface area contributed by atoms with Gasteiger partial charge in [-0.25, -0.2) is 4.79 Å². The zero-order valence-electron chi connectivity index (χ0n) is 26.7. The average molecular weight is 659 g/mol. The number of hydrogen-bond acceptors (Lipinski definition) is 8. The lowest BCUT2D eigenvalue weighted by atomic mass is 9.44. The van der Waals surface area contributed by atoms with Gasteiger partial charge in [0.1, 0.15) is 6.10 Å². The summed E-state index contributed by atoms with van der Waals surface area (Å²) >= 11 is 0. The Morgan fingerprint density at radius 2 is 1.56 bits per heavy atom. The van der Waals surface area contributed by atoms with Crippen LogP contribution in [0.5, 0.6) is 0 Å². The Balaban J connectivity index is 1.22. The summed E-state index contributed by atoms with van der Waals surface area (Å²) in [4.78, 5) is 64.7. The molecule has 0 radical (unpaired) electrons. The fourth-order valence-corrected chi connectivity index (χ4v) is 11.0. The van der Waals surface area contributed by atoms with E-state index in [1.54, 1.807) is 0 Å². The van der Waals surface area contributed by atoms with E-state index in [0.29, 0.717) is 35.5 Å². The Labute approximate surface area is 265 Å². The molecule has 0 spiro atoms. The maximum atomic E-state index is 12.4. The van der Waals surface area contributed by atoms with Crippen molar-refractivity contribution < 1.29 is 58.0 Å². The number of carbonyl (C=O) groups excluding carboxylic acids is 2. The van der Waals surface area contributed by atoms with E-state index in [-0.39, 0.29) is 29.8 Å². The van der Waals surface area contributed by atoms with Crippen LogP contribution in [0.3, 0.4) is 0 Å². The number of carboxylic acid groups (broad SMARTS) is 2. The monoisotopic (exact) mass is 658 g/mol. The Hall–Kier alpha value is -2.17. The van der Waals surface area contributed by atoms with Gasteiger partial charge in [-0.3, -0.25) is 18.9 Å². The summed E-state index contributed by atoms with van der Waals surface area (Å²) in [6.45, 7) is 6.46. The van der Waals surface area contributed by atoms with Crippen molar-refractivity contribution in [3.05, 3.63) is 0 Å². The van der Waals surface area contributed by atoms with Gasteiger partial charge in [-0.05, 0) is 117 Å². The summed E-state index contributed by atoms with van der Waals surface area (Å²) in [6.07, 6.45) is 7.71. The summed E-state index contributed by atoms with van der Waals surface area (Å²) in [7, 11) is -4.56. The third-order valence-electron chi connectivity index (χ3n) is 12.4. The van der Waals surface area contributed by atoms with E-state index in [9.17, 15) is 28.8 Å². The van der Waals surface area contributed by atoms with Crippen LogP contribution in [0.4, 0.5) is 4.79 Å². The summed E-state index contributed by atoms with van der Waals surface area (Å²) < 4.78 is 26.5. The van der Waals surface area contributed by atoms with Crippen molar-refractivity contribution in [3.8, 4) is 0 Å². The first-order valence-corrected chi connectivity index (χ1v) is 18.3. The molecule has 13 heteroatoms. The molecular formula is C32H51O12P. The van der Waals surface area contributed by atoms with Crippen LogP contribution in [0.2, 0.25) is 0 Å². The summed E-state index contributed by atoms with van der Waals surface area (Å²) in [5, 5.41) is 18.3. The van der Waals surface area contributed by atoms with Gasteiger partial charge in [0.2, 0.25) is 6.79 Å². The molecule has 10 atom stereocenters. The highest BCUT2D eigenvalue weighted by Gasteiger charge is 2.60. The second kappa shape index (κ2) is 14.3. The number of aliphatic carboxylic acids is 2. The number of esters is 1. The first-order chi connectivity index (χ1) is 21.0. The van der Waals surface area contributed by atoms with Crippen molar-refractivity contribution in [2.75, 3.05) is 13.0 Å². The molecule has 0 amide bonds. The van der Waals surface area contributed by atoms with Crippen LogP contribution in [0, 0.1) is 52.3 Å². The summed E-state index contributed by atoms with van der Waals surface area (Å²) in [6, 6.07) is 0. The Kier molecular flexibility index (Phi) is 11.3. The number of hydrogen-bond donors (Lipinski definition) is 4. The first kappa shape index (κ1) is 35.7. The van der Waals surface area contributed by atoms with Crippen molar-refractivity contribution in [3.63, 3.8) is 0 Å². The third kappa shape index (κ3) is 8.41. The molecule has 4 rings (SSSR count). The standard InChI is InChI=1S/C32H51O12P/c1-19(4-10-27(33)34)24-8-9-25-23-7-6-21-16-22(12-14-31(21,2)26(23)13-15-32(24,25)3)44-30(38)43-18-42-28(35)11-5-20(29(36)37)17-45(39,40)41/h19-26H,4-18H2,1-3H3,(H,33,34)(H,36,37)(H2,39,40,41)/t19-,20?,21?,22-,23?,24?,25?,26?,31+,32-/m1/s1. The SMILES string of the molecule is C[C@H](CCC(=O)O)C1CCC2C3CCC4C[C@H](OC(=O)OCOC(=O)CCC(CP(=O)(O)O)C(=O)O)CC[C@]4(C)C3CC[C@@]21C. The van der Waals surface area contributed by atoms with Crippen LogP contribution in [-0.4, -0.2) is 63.1 Å². The van der Waals surface area contributed by atoms with E-state index in [0.717, 1.165) is 32.1 Å². The molecule has 4 aliphatic rings. The minimum absolute atomic E-state index is 0.185. The zero-order valence-corrected chi connectivity index (χ0v) is 27.6. The summed E-state index contributed by atoms with van der Waals surface area (Å²) in [5.74, 6) is -0.947. The predicted octanol–water partition coefficient (Wildman–Crippen LogP) is 5.83. The van der Waals surface area contributed by atoms with Crippen LogP contribution < -0.4 is 0 Å². The maximum absolute atomic E-state index is 12.4. The molecule has 4 fully saturated rings. The zero-order chi connectivity index (χ0) is 33.2. The second-order valence-corrected chi connectivity index (χ2v) is 16.5. The van der Waals surface area contributed by atoms with E-state index in [1.807, 2.05) is 0 Å². The molecule has 0 aromatic rings. The minimum atomic E-state index is -4.56. The molecule has 6 unspecified atom stereocenters. The van der Waals surface area contributed by atoms with Gasteiger partial charge in [0, 0.05) is 12.8 Å². The number of carbonyl (C=O) groups is 4. The van der Waals surface area contributed by atoms with E-state index < -0.39 is 57.0 Å². The van der Waals surface area contributed by atoms with E-state index in [4.69, 9.17) is 29.1 Å². The number of fused-ring (bicyclic) bond motifs is 5. The summed E-state index contributed by atoms with van der Waals surface area (Å²) in [5.41, 5.74) is 0.459. The molecule has 45 heavy (non-hydrogen) atoms. The molecule has 0 aromatic heterocycles. The Morgan fingerprint density at radius 3 is 2.22 bits per heavy atom. The van der Waals surface area contributed by atoms with Crippen molar-refractivity contribution >= 4 is 31.7 Å². The quantitative estimate of drug-likeness (QED) is 0.105. The van der Waals surface area contributed by atoms with Gasteiger partial charge >= 0.3 is 31.7 Å². The third-order valence-corrected chi connectivity index (χ3v) is 13.3. The lowest BCUT2D eigenvalue weighted by Gasteiger charge is -2.61. The highest BCUT2D eigenvalue weighted by molar-refractivity contribution is 7.51. The van der Waals surface area contributed by atoms with Gasteiger partial charge in [-0.15, -0.1) is 0 Å². The molecule has 0 aliphatic heterocycles. The topological polar surface area (TPSA) is 194 Å². The van der Waals surface area contributed by atoms with Gasteiger partial charge < -0.3 is 34.2 Å². The van der Waals surface area contributed by atoms with Crippen molar-refractivity contribution in [1.29, 1.82) is 0 Å². The molecular weight excluding hydrogens is 607 g/mol. The Morgan fingerprint density at radius 1 is 0.867 bits per heavy atom. The lowest BCUT2D eigenvalue weighted by Crippen LogP contribution is -2.54. The number of ether oxygens (including phenoxy) is 3. The minimum Gasteiger partial charge on any atom is -0.481 e. The van der Waals surface area contributed by atoms with Crippen molar-refractivity contribution in [2.24, 2.45) is 52.3 Å². The van der Waals surface area contributed by atoms with E-state index in [2.05, 4.69) is 20.8 Å². The second-order valence-electron chi connectivity index (χ2n) is 14.8. The van der Waals surface area contributed by atoms with Gasteiger partial charge in [0.15, 0.2) is 0 Å². The van der Waals surface area contributed by atoms with Crippen molar-refractivity contribution in [1.82, 2.24) is 0 Å². The lowest BCUT2D eigenvalue weighted by molar-refractivity contribution is -0.156. The highest BCUT2D eigenvalue weighted by atomic mass is 31.2. The average Bonchev–Trinajstić information content (AvgIpc) is 3.30. The molecule has 4 aliphatic carbocycles. The van der Waals surface area contributed by atoms with Gasteiger partial charge in [0.25, 0.3) is 0 Å². The van der Waals surface area contributed by atoms with Crippen LogP contribution in [-0.2, 0) is 33.2 Å². The van der Waals surface area contributed by atoms with E-state index in [1.165, 1.54) is 32.1 Å². The first-order valence-electron chi connectivity index (χ1n) is 16.5. The smallest absolute Gasteiger partial charge is 0.481 e. The van der Waals surface area contributed by atoms with Gasteiger partial charge in [-0.2, -0.15) is 0 Å². The van der Waals surface area contributed by atoms with E-state index >= 15 is 0 Å². The molecule has 0 saturated heterocycles. The molecule has 4 N–H and O–H groups in total. The molecule has 12 nitrogen and oxygen atoms in total. The molecule has 0 aromatic carbocycles. The van der Waals surface area contributed by atoms with Crippen LogP contribution in [0.25, 0.3) is 0 Å². The van der Waals surface area contributed by atoms with Crippen LogP contribution >= 0.6 is 7.60 Å². The molecule has 4 saturated carbocycles. The number of carboxylic acids is 2. The highest BCUT2D eigenvalue weighted by Crippen LogP contribution is 2.68. The van der Waals surface area contributed by atoms with Gasteiger partial charge in [-0.1, -0.05) is 20.8 Å². The largest absolute Gasteiger partial charge is 0.511 e. The molecule has 256 valence electrons. The van der Waals surface area contributed by atoms with Crippen LogP contribution in [0.15, 0.2) is 0 Å². The number of rotatable bonds is 13. The van der Waals surface area contributed by atoms with Crippen molar-refractivity contribution in [2.45, 2.75) is 110 Å².